The van der Waals surface area contributed by atoms with Crippen LogP contribution in [-0.4, -0.2) is 32.1 Å². The lowest BCUT2D eigenvalue weighted by atomic mass is 10.1. The van der Waals surface area contributed by atoms with Gasteiger partial charge < -0.3 is 20.7 Å². The van der Waals surface area contributed by atoms with Crippen molar-refractivity contribution >= 4 is 11.9 Å². The van der Waals surface area contributed by atoms with Crippen LogP contribution in [0.25, 0.3) is 0 Å². The number of carbonyl (C=O) groups is 1. The van der Waals surface area contributed by atoms with Crippen LogP contribution in [-0.2, 0) is 6.54 Å². The summed E-state index contributed by atoms with van der Waals surface area (Å²) >= 11 is 0. The minimum Gasteiger partial charge on any atom is -0.493 e. The maximum Gasteiger partial charge on any atom is 0.251 e. The van der Waals surface area contributed by atoms with Crippen LogP contribution in [0.1, 0.15) is 55.2 Å². The molecule has 0 bridgehead atoms. The predicted octanol–water partition coefficient (Wildman–Crippen LogP) is 3.90. The fraction of sp³-hybridized carbons (Fsp3) is 0.417. The van der Waals surface area contributed by atoms with E-state index in [0.717, 1.165) is 29.4 Å². The van der Waals surface area contributed by atoms with Gasteiger partial charge in [0.1, 0.15) is 5.75 Å². The molecule has 1 amide bonds. The molecule has 1 unspecified atom stereocenters. The summed E-state index contributed by atoms with van der Waals surface area (Å²) in [4.78, 5) is 16.5. The first-order chi connectivity index (χ1) is 14.4. The molecule has 0 aliphatic heterocycles. The van der Waals surface area contributed by atoms with Crippen molar-refractivity contribution in [3.05, 3.63) is 65.2 Å². The summed E-state index contributed by atoms with van der Waals surface area (Å²) in [5, 5.41) is 9.37. The lowest BCUT2D eigenvalue weighted by Crippen LogP contribution is -2.38. The highest BCUT2D eigenvalue weighted by Gasteiger charge is 2.09. The molecule has 0 aliphatic rings. The zero-order chi connectivity index (χ0) is 21.9. The predicted molar refractivity (Wildman–Crippen MR) is 123 cm³/mol. The molecule has 0 aliphatic carbocycles. The molecule has 1 atom stereocenters. The summed E-state index contributed by atoms with van der Waals surface area (Å²) in [7, 11) is 1.63. The molecule has 2 aromatic carbocycles. The summed E-state index contributed by atoms with van der Waals surface area (Å²) in [6, 6.07) is 15.7. The van der Waals surface area contributed by atoms with Gasteiger partial charge in [0.05, 0.1) is 19.2 Å². The van der Waals surface area contributed by atoms with E-state index >= 15 is 0 Å². The minimum atomic E-state index is -0.0969. The molecule has 3 N–H and O–H groups in total. The summed E-state index contributed by atoms with van der Waals surface area (Å²) in [6.45, 7) is 10.4. The van der Waals surface area contributed by atoms with Crippen LogP contribution in [0.2, 0.25) is 0 Å². The van der Waals surface area contributed by atoms with Gasteiger partial charge in [0.2, 0.25) is 0 Å². The molecule has 6 heteroatoms. The molecular formula is C24H34N4O2. The fourth-order valence-electron chi connectivity index (χ4n) is 2.85. The number of hydrogen-bond acceptors (Lipinski definition) is 3. The van der Waals surface area contributed by atoms with Crippen LogP contribution in [0.3, 0.4) is 0 Å². The number of nitrogens with one attached hydrogen (secondary N) is 3. The molecular weight excluding hydrogens is 376 g/mol. The molecule has 0 heterocycles. The molecule has 0 spiro atoms. The van der Waals surface area contributed by atoms with Crippen LogP contribution in [0.15, 0.2) is 53.5 Å². The number of carbonyl (C=O) groups excluding carboxylic acids is 1. The van der Waals surface area contributed by atoms with Gasteiger partial charge in [-0.15, -0.1) is 0 Å². The standard InChI is InChI=1S/C24H34N4O2/c1-6-26-24(27-15-19-8-7-9-21(14-19)23(29)25-5)28-18(4)20-10-12-22(13-11-20)30-16-17(2)3/h7-14,17-18H,6,15-16H2,1-5H3,(H,25,29)(H2,26,27,28). The molecule has 0 saturated carbocycles. The summed E-state index contributed by atoms with van der Waals surface area (Å²) in [6.07, 6.45) is 0. The summed E-state index contributed by atoms with van der Waals surface area (Å²) in [5.41, 5.74) is 2.77. The number of aliphatic imine (C=N–C) groups is 1. The van der Waals surface area contributed by atoms with Gasteiger partial charge in [0, 0.05) is 19.2 Å². The summed E-state index contributed by atoms with van der Waals surface area (Å²) in [5.74, 6) is 2.02. The van der Waals surface area contributed by atoms with E-state index in [2.05, 4.69) is 53.8 Å². The zero-order valence-electron chi connectivity index (χ0n) is 18.7. The lowest BCUT2D eigenvalue weighted by Gasteiger charge is -2.19. The van der Waals surface area contributed by atoms with Crippen LogP contribution < -0.4 is 20.7 Å². The Labute approximate surface area is 180 Å². The molecule has 162 valence electrons. The molecule has 0 radical (unpaired) electrons. The summed E-state index contributed by atoms with van der Waals surface area (Å²) < 4.78 is 5.76. The Morgan fingerprint density at radius 1 is 1.10 bits per heavy atom. The van der Waals surface area contributed by atoms with Gasteiger partial charge in [-0.05, 0) is 55.2 Å². The Morgan fingerprint density at radius 3 is 2.47 bits per heavy atom. The van der Waals surface area contributed by atoms with Gasteiger partial charge in [-0.2, -0.15) is 0 Å². The fourth-order valence-corrected chi connectivity index (χ4v) is 2.85. The SMILES string of the molecule is CCNC(=NCc1cccc(C(=O)NC)c1)NC(C)c1ccc(OCC(C)C)cc1. The average Bonchev–Trinajstić information content (AvgIpc) is 2.76. The molecule has 0 saturated heterocycles. The maximum atomic E-state index is 11.8. The van der Waals surface area contributed by atoms with E-state index in [9.17, 15) is 4.79 Å². The van der Waals surface area contributed by atoms with E-state index in [1.807, 2.05) is 37.3 Å². The van der Waals surface area contributed by atoms with E-state index in [1.54, 1.807) is 13.1 Å². The first-order valence-electron chi connectivity index (χ1n) is 10.5. The van der Waals surface area contributed by atoms with E-state index in [1.165, 1.54) is 0 Å². The third kappa shape index (κ3) is 7.43. The third-order valence-corrected chi connectivity index (χ3v) is 4.50. The molecule has 0 aromatic heterocycles. The highest BCUT2D eigenvalue weighted by Crippen LogP contribution is 2.18. The first kappa shape index (κ1) is 23.3. The lowest BCUT2D eigenvalue weighted by molar-refractivity contribution is 0.0963. The topological polar surface area (TPSA) is 74.8 Å². The molecule has 30 heavy (non-hydrogen) atoms. The molecule has 2 rings (SSSR count). The second-order valence-corrected chi connectivity index (χ2v) is 7.61. The monoisotopic (exact) mass is 410 g/mol. The highest BCUT2D eigenvalue weighted by molar-refractivity contribution is 5.94. The van der Waals surface area contributed by atoms with Gasteiger partial charge in [0.25, 0.3) is 5.91 Å². The molecule has 2 aromatic rings. The van der Waals surface area contributed by atoms with Gasteiger partial charge in [0.15, 0.2) is 5.96 Å². The van der Waals surface area contributed by atoms with Crippen LogP contribution in [0.4, 0.5) is 0 Å². The van der Waals surface area contributed by atoms with E-state index in [0.29, 0.717) is 24.6 Å². The van der Waals surface area contributed by atoms with Crippen molar-refractivity contribution in [2.45, 2.75) is 40.3 Å². The van der Waals surface area contributed by atoms with E-state index in [-0.39, 0.29) is 11.9 Å². The number of rotatable bonds is 9. The number of amides is 1. The normalized spacial score (nSPS) is 12.4. The Bertz CT molecular complexity index is 831. The van der Waals surface area contributed by atoms with Crippen molar-refractivity contribution < 1.29 is 9.53 Å². The van der Waals surface area contributed by atoms with Crippen LogP contribution >= 0.6 is 0 Å². The molecule has 0 fully saturated rings. The van der Waals surface area contributed by atoms with Gasteiger partial charge >= 0.3 is 0 Å². The second-order valence-electron chi connectivity index (χ2n) is 7.61. The van der Waals surface area contributed by atoms with Crippen molar-refractivity contribution in [3.8, 4) is 5.75 Å². The maximum absolute atomic E-state index is 11.8. The van der Waals surface area contributed by atoms with Crippen molar-refractivity contribution in [3.63, 3.8) is 0 Å². The quantitative estimate of drug-likeness (QED) is 0.433. The first-order valence-corrected chi connectivity index (χ1v) is 10.5. The van der Waals surface area contributed by atoms with Crippen LogP contribution in [0.5, 0.6) is 5.75 Å². The Balaban J connectivity index is 2.02. The largest absolute Gasteiger partial charge is 0.493 e. The number of guanidine groups is 1. The van der Waals surface area contributed by atoms with E-state index in [4.69, 9.17) is 4.74 Å². The average molecular weight is 411 g/mol. The number of benzene rings is 2. The Morgan fingerprint density at radius 2 is 1.83 bits per heavy atom. The van der Waals surface area contributed by atoms with Crippen LogP contribution in [0, 0.1) is 5.92 Å². The Kier molecular flexibility index (Phi) is 9.19. The number of hydrogen-bond donors (Lipinski definition) is 3. The smallest absolute Gasteiger partial charge is 0.251 e. The highest BCUT2D eigenvalue weighted by atomic mass is 16.5. The third-order valence-electron chi connectivity index (χ3n) is 4.50. The van der Waals surface area contributed by atoms with Crippen molar-refractivity contribution in [2.75, 3.05) is 20.2 Å². The van der Waals surface area contributed by atoms with E-state index < -0.39 is 0 Å². The number of ether oxygens (including phenoxy) is 1. The van der Waals surface area contributed by atoms with Gasteiger partial charge in [-0.1, -0.05) is 38.1 Å². The Hall–Kier alpha value is -3.02. The van der Waals surface area contributed by atoms with Crippen molar-refractivity contribution in [2.24, 2.45) is 10.9 Å². The minimum absolute atomic E-state index is 0.0825. The zero-order valence-corrected chi connectivity index (χ0v) is 18.7. The van der Waals surface area contributed by atoms with Gasteiger partial charge in [-0.25, -0.2) is 4.99 Å². The van der Waals surface area contributed by atoms with Crippen molar-refractivity contribution in [1.82, 2.24) is 16.0 Å². The van der Waals surface area contributed by atoms with Gasteiger partial charge in [-0.3, -0.25) is 4.79 Å². The second kappa shape index (κ2) is 11.9. The van der Waals surface area contributed by atoms with Crippen molar-refractivity contribution in [1.29, 1.82) is 0 Å². The molecule has 6 nitrogen and oxygen atoms in total. The number of nitrogens with zero attached hydrogens (tertiary/aromatic N) is 1.